The Balaban J connectivity index is 1.21. The lowest BCUT2D eigenvalue weighted by atomic mass is 9.46. The molecule has 1 saturated heterocycles. The third-order valence-corrected chi connectivity index (χ3v) is 11.4. The molecule has 1 amide bonds. The van der Waals surface area contributed by atoms with E-state index in [-0.39, 0.29) is 0 Å². The number of amides is 1. The number of aliphatic carboxylic acids is 1. The van der Waals surface area contributed by atoms with Gasteiger partial charge in [-0.25, -0.2) is 0 Å². The Morgan fingerprint density at radius 2 is 1.50 bits per heavy atom. The molecule has 0 aromatic rings. The largest absolute Gasteiger partial charge is 0.481 e. The third kappa shape index (κ3) is 5.07. The zero-order chi connectivity index (χ0) is 24.3. The van der Waals surface area contributed by atoms with Crippen molar-refractivity contribution >= 4 is 11.9 Å². The highest BCUT2D eigenvalue weighted by Gasteiger charge is 2.60. The van der Waals surface area contributed by atoms with Gasteiger partial charge in [-0.3, -0.25) is 9.59 Å². The monoisotopic (exact) mass is 473 g/mol. The van der Waals surface area contributed by atoms with Crippen LogP contribution in [0.3, 0.4) is 0 Å². The first-order chi connectivity index (χ1) is 16.3. The minimum absolute atomic E-state index is 0.333. The maximum absolute atomic E-state index is 12.4. The Bertz CT molecular complexity index is 722. The fourth-order valence-electron chi connectivity index (χ4n) is 9.46. The molecule has 1 heterocycles. The van der Waals surface area contributed by atoms with Crippen LogP contribution in [0.15, 0.2) is 0 Å². The maximum atomic E-state index is 12.4. The number of carboxylic acids is 1. The summed E-state index contributed by atoms with van der Waals surface area (Å²) in [7, 11) is 2.07. The molecule has 4 aliphatic rings. The molecule has 0 spiro atoms. The molecule has 194 valence electrons. The average Bonchev–Trinajstić information content (AvgIpc) is 3.14. The van der Waals surface area contributed by atoms with Crippen molar-refractivity contribution in [2.24, 2.45) is 34.5 Å². The van der Waals surface area contributed by atoms with Crippen LogP contribution in [0, 0.1) is 34.5 Å². The molecule has 7 atom stereocenters. The Labute approximate surface area is 208 Å². The topological polar surface area (TPSA) is 57.6 Å². The number of nitrogens with zero attached hydrogens (tertiary/aromatic N) is 1. The van der Waals surface area contributed by atoms with Crippen LogP contribution in [0.4, 0.5) is 0 Å². The van der Waals surface area contributed by atoms with E-state index in [2.05, 4.69) is 25.8 Å². The molecule has 3 aliphatic carbocycles. The Morgan fingerprint density at radius 3 is 2.21 bits per heavy atom. The van der Waals surface area contributed by atoms with E-state index in [0.717, 1.165) is 49.4 Å². The van der Waals surface area contributed by atoms with Crippen molar-refractivity contribution < 1.29 is 14.7 Å². The van der Waals surface area contributed by atoms with E-state index in [1.54, 1.807) is 0 Å². The zero-order valence-corrected chi connectivity index (χ0v) is 22.3. The van der Waals surface area contributed by atoms with Crippen molar-refractivity contribution in [1.82, 2.24) is 4.90 Å². The number of hydrogen-bond acceptors (Lipinski definition) is 2. The molecule has 4 heteroatoms. The van der Waals surface area contributed by atoms with E-state index >= 15 is 0 Å². The first-order valence-electron chi connectivity index (χ1n) is 14.7. The molecule has 3 unspecified atom stereocenters. The fourth-order valence-corrected chi connectivity index (χ4v) is 9.46. The van der Waals surface area contributed by atoms with Gasteiger partial charge >= 0.3 is 5.97 Å². The molecule has 4 nitrogen and oxygen atoms in total. The number of likely N-dealkylation sites (tertiary alicyclic amines) is 1. The number of hydrogen-bond donors (Lipinski definition) is 1. The van der Waals surface area contributed by atoms with Crippen LogP contribution in [0.2, 0.25) is 0 Å². The lowest BCUT2D eigenvalue weighted by molar-refractivity contribution is -0.158. The van der Waals surface area contributed by atoms with Crippen molar-refractivity contribution in [3.05, 3.63) is 0 Å². The van der Waals surface area contributed by atoms with E-state index in [1.165, 1.54) is 83.5 Å². The van der Waals surface area contributed by atoms with E-state index in [0.29, 0.717) is 29.2 Å². The molecule has 1 aliphatic heterocycles. The normalized spacial score (nSPS) is 39.4. The van der Waals surface area contributed by atoms with Crippen LogP contribution in [0.25, 0.3) is 0 Å². The maximum Gasteiger partial charge on any atom is 0.303 e. The summed E-state index contributed by atoms with van der Waals surface area (Å²) < 4.78 is 0. The summed E-state index contributed by atoms with van der Waals surface area (Å²) in [6.07, 6.45) is 21.8. The number of carbonyl (C=O) groups is 2. The van der Waals surface area contributed by atoms with Crippen LogP contribution in [-0.2, 0) is 9.59 Å². The Hall–Kier alpha value is -1.06. The van der Waals surface area contributed by atoms with Crippen molar-refractivity contribution in [1.29, 1.82) is 0 Å². The number of carboxylic acid groups (broad SMARTS) is 1. The number of rotatable bonds is 11. The molecule has 34 heavy (non-hydrogen) atoms. The highest BCUT2D eigenvalue weighted by molar-refractivity contribution is 5.77. The predicted octanol–water partition coefficient (Wildman–Crippen LogP) is 7.45. The molecule has 0 aromatic heterocycles. The first kappa shape index (κ1) is 26.0. The molecule has 0 aromatic carbocycles. The number of fused-ring (bicyclic) bond motifs is 5. The molecular weight excluding hydrogens is 422 g/mol. The van der Waals surface area contributed by atoms with E-state index in [4.69, 9.17) is 5.11 Å². The molecule has 3 saturated carbocycles. The minimum Gasteiger partial charge on any atom is -0.481 e. The lowest BCUT2D eigenvalue weighted by Crippen LogP contribution is -2.61. The Morgan fingerprint density at radius 1 is 0.853 bits per heavy atom. The van der Waals surface area contributed by atoms with Gasteiger partial charge in [-0.05, 0) is 92.3 Å². The summed E-state index contributed by atoms with van der Waals surface area (Å²) in [5.74, 6) is 3.29. The van der Waals surface area contributed by atoms with Gasteiger partial charge in [0, 0.05) is 25.9 Å². The minimum atomic E-state index is -0.656. The second-order valence-corrected chi connectivity index (χ2v) is 13.1. The van der Waals surface area contributed by atoms with Crippen LogP contribution >= 0.6 is 0 Å². The highest BCUT2D eigenvalue weighted by atomic mass is 16.4. The van der Waals surface area contributed by atoms with Crippen LogP contribution < -0.4 is 0 Å². The van der Waals surface area contributed by atoms with Crippen LogP contribution in [0.5, 0.6) is 0 Å². The number of piperidine rings is 1. The predicted molar refractivity (Wildman–Crippen MR) is 137 cm³/mol. The Kier molecular flexibility index (Phi) is 8.35. The van der Waals surface area contributed by atoms with Gasteiger partial charge in [0.1, 0.15) is 0 Å². The standard InChI is InChI=1S/C30H51NO3/c1-29-20-18-25-23(15-17-26-30(25,2)21-19-27(32)31(26)3)24(29)16-14-22(29)12-10-8-6-4-5-7-9-11-13-28(33)34/h22-26H,4-21H2,1-3H3,(H,33,34)/t22-,23?,24?,25?,26+,29+,30+/m0/s1. The van der Waals surface area contributed by atoms with Crippen LogP contribution in [-0.4, -0.2) is 35.0 Å². The van der Waals surface area contributed by atoms with E-state index in [9.17, 15) is 9.59 Å². The summed E-state index contributed by atoms with van der Waals surface area (Å²) in [5.41, 5.74) is 0.906. The lowest BCUT2D eigenvalue weighted by Gasteiger charge is -2.62. The molecule has 4 rings (SSSR count). The SMILES string of the molecule is CN1C(=O)CC[C@]2(C)C3CC[C@@]4(C)C(CC[C@@H]4CCCCCCCCCCC(=O)O)C3CC[C@@H]12. The smallest absolute Gasteiger partial charge is 0.303 e. The fraction of sp³-hybridized carbons (Fsp3) is 0.933. The van der Waals surface area contributed by atoms with E-state index in [1.807, 2.05) is 0 Å². The van der Waals surface area contributed by atoms with Gasteiger partial charge in [0.25, 0.3) is 0 Å². The molecule has 1 N–H and O–H groups in total. The van der Waals surface area contributed by atoms with Crippen molar-refractivity contribution in [2.45, 2.75) is 135 Å². The summed E-state index contributed by atoms with van der Waals surface area (Å²) in [4.78, 5) is 25.1. The van der Waals surface area contributed by atoms with Gasteiger partial charge < -0.3 is 10.0 Å². The van der Waals surface area contributed by atoms with Gasteiger partial charge in [-0.2, -0.15) is 0 Å². The number of unbranched alkanes of at least 4 members (excludes halogenated alkanes) is 7. The number of carbonyl (C=O) groups excluding carboxylic acids is 1. The summed E-state index contributed by atoms with van der Waals surface area (Å²) in [6, 6.07) is 0.480. The molecule has 0 bridgehead atoms. The average molecular weight is 474 g/mol. The second-order valence-electron chi connectivity index (χ2n) is 13.1. The van der Waals surface area contributed by atoms with E-state index < -0.39 is 5.97 Å². The summed E-state index contributed by atoms with van der Waals surface area (Å²) >= 11 is 0. The summed E-state index contributed by atoms with van der Waals surface area (Å²) in [6.45, 7) is 5.20. The molecule has 0 radical (unpaired) electrons. The quantitative estimate of drug-likeness (QED) is 0.317. The first-order valence-corrected chi connectivity index (χ1v) is 14.7. The van der Waals surface area contributed by atoms with Gasteiger partial charge in [0.2, 0.25) is 5.91 Å². The van der Waals surface area contributed by atoms with Crippen molar-refractivity contribution in [3.63, 3.8) is 0 Å². The van der Waals surface area contributed by atoms with Crippen molar-refractivity contribution in [2.75, 3.05) is 7.05 Å². The third-order valence-electron chi connectivity index (χ3n) is 11.4. The van der Waals surface area contributed by atoms with Crippen LogP contribution in [0.1, 0.15) is 129 Å². The highest BCUT2D eigenvalue weighted by Crippen LogP contribution is 2.66. The van der Waals surface area contributed by atoms with Gasteiger partial charge in [-0.15, -0.1) is 0 Å². The van der Waals surface area contributed by atoms with Crippen molar-refractivity contribution in [3.8, 4) is 0 Å². The molecular formula is C30H51NO3. The second kappa shape index (κ2) is 10.9. The van der Waals surface area contributed by atoms with Gasteiger partial charge in [-0.1, -0.05) is 58.8 Å². The van der Waals surface area contributed by atoms with Gasteiger partial charge in [0.15, 0.2) is 0 Å². The van der Waals surface area contributed by atoms with Gasteiger partial charge in [0.05, 0.1) is 0 Å². The molecule has 4 fully saturated rings. The summed E-state index contributed by atoms with van der Waals surface area (Å²) in [5, 5.41) is 8.71. The zero-order valence-electron chi connectivity index (χ0n) is 22.3.